The van der Waals surface area contributed by atoms with Crippen molar-refractivity contribution in [1.82, 2.24) is 24.1 Å². The minimum Gasteiger partial charge on any atom is -0.456 e. The summed E-state index contributed by atoms with van der Waals surface area (Å²) in [6, 6.07) is 75.0. The summed E-state index contributed by atoms with van der Waals surface area (Å²) in [6.45, 7) is 0. The van der Waals surface area contributed by atoms with Crippen LogP contribution in [0, 0.1) is 0 Å². The van der Waals surface area contributed by atoms with Gasteiger partial charge in [0, 0.05) is 54.0 Å². The zero-order chi connectivity index (χ0) is 45.6. The molecule has 0 fully saturated rings. The number of rotatable bonds is 4. The molecular weight excluding hydrogens is 859 g/mol. The van der Waals surface area contributed by atoms with Crippen LogP contribution in [0.5, 0.6) is 0 Å². The Morgan fingerprint density at radius 3 is 1.69 bits per heavy atom. The lowest BCUT2D eigenvalue weighted by Gasteiger charge is -2.18. The third kappa shape index (κ3) is 5.15. The molecule has 16 aromatic rings. The highest BCUT2D eigenvalue weighted by Crippen LogP contribution is 2.49. The minimum absolute atomic E-state index is 0.504. The Balaban J connectivity index is 1.07. The summed E-state index contributed by atoms with van der Waals surface area (Å²) in [4.78, 5) is 16.5. The van der Waals surface area contributed by atoms with E-state index in [1.807, 2.05) is 36.4 Å². The van der Waals surface area contributed by atoms with Crippen LogP contribution in [0.4, 0.5) is 0 Å². The number of hydrogen-bond donors (Lipinski definition) is 0. The molecule has 0 spiro atoms. The molecule has 0 bridgehead atoms. The second-order valence-electron chi connectivity index (χ2n) is 18.3. The number of fused-ring (bicyclic) bond motifs is 16. The minimum atomic E-state index is 0.504. The quantitative estimate of drug-likeness (QED) is 0.176. The van der Waals surface area contributed by atoms with E-state index < -0.39 is 0 Å². The molecule has 0 N–H and O–H groups in total. The van der Waals surface area contributed by atoms with Crippen LogP contribution >= 0.6 is 0 Å². The molecule has 11 aromatic carbocycles. The van der Waals surface area contributed by atoms with Crippen molar-refractivity contribution in [2.45, 2.75) is 0 Å². The van der Waals surface area contributed by atoms with Crippen LogP contribution in [-0.2, 0) is 0 Å². The predicted octanol–water partition coefficient (Wildman–Crippen LogP) is 16.7. The molecule has 0 unspecified atom stereocenters. The van der Waals surface area contributed by atoms with Crippen molar-refractivity contribution in [3.8, 4) is 34.4 Å². The number of nitrogens with zero attached hydrogens (tertiary/aromatic N) is 5. The van der Waals surface area contributed by atoms with Crippen LogP contribution in [0.1, 0.15) is 0 Å². The van der Waals surface area contributed by atoms with E-state index in [0.717, 1.165) is 98.7 Å². The maximum Gasteiger partial charge on any atom is 0.238 e. The van der Waals surface area contributed by atoms with Crippen LogP contribution in [0.25, 0.3) is 154 Å². The van der Waals surface area contributed by atoms with Gasteiger partial charge in [-0.3, -0.25) is 4.57 Å². The summed E-state index contributed by atoms with van der Waals surface area (Å²) < 4.78 is 18.2. The standard InChI is InChI=1S/C63H35N5O2/c1-2-17-38-35-52-48(33-37(38)16-1)46-31-29-36-15-3-4-18-40(36)58(46)68(52)59-45-23-6-5-22-44(45)57(60-56(59)47-24-10-14-28-54(47)70-60)62-64-61(39-30-32-55-49(34-39)43-21-9-13-27-53(43)69-55)65-63(66-62)67-50-25-11-7-19-41(50)42-20-8-12-26-51(42)67/h1-35H. The smallest absolute Gasteiger partial charge is 0.238 e. The summed E-state index contributed by atoms with van der Waals surface area (Å²) in [5.74, 6) is 1.55. The number of benzene rings is 11. The second kappa shape index (κ2) is 14.0. The van der Waals surface area contributed by atoms with Crippen molar-refractivity contribution >= 4 is 120 Å². The van der Waals surface area contributed by atoms with Gasteiger partial charge in [-0.05, 0) is 76.1 Å². The highest BCUT2D eigenvalue weighted by atomic mass is 16.3. The second-order valence-corrected chi connectivity index (χ2v) is 18.3. The fourth-order valence-electron chi connectivity index (χ4n) is 11.5. The largest absolute Gasteiger partial charge is 0.456 e. The molecular formula is C63H35N5O2. The summed E-state index contributed by atoms with van der Waals surface area (Å²) in [5.41, 5.74) is 10.1. The van der Waals surface area contributed by atoms with Crippen molar-refractivity contribution in [3.63, 3.8) is 0 Å². The molecule has 0 atom stereocenters. The van der Waals surface area contributed by atoms with Gasteiger partial charge in [0.25, 0.3) is 0 Å². The summed E-state index contributed by atoms with van der Waals surface area (Å²) in [7, 11) is 0. The Hall–Kier alpha value is -9.59. The van der Waals surface area contributed by atoms with Crippen molar-refractivity contribution in [3.05, 3.63) is 212 Å². The van der Waals surface area contributed by atoms with Crippen LogP contribution in [-0.4, -0.2) is 24.1 Å². The molecule has 16 rings (SSSR count). The molecule has 7 nitrogen and oxygen atoms in total. The lowest BCUT2D eigenvalue weighted by atomic mass is 9.96. The third-order valence-corrected chi connectivity index (χ3v) is 14.5. The predicted molar refractivity (Wildman–Crippen MR) is 286 cm³/mol. The maximum absolute atomic E-state index is 7.25. The van der Waals surface area contributed by atoms with Gasteiger partial charge in [0.15, 0.2) is 11.6 Å². The monoisotopic (exact) mass is 893 g/mol. The van der Waals surface area contributed by atoms with Gasteiger partial charge >= 0.3 is 0 Å². The lowest BCUT2D eigenvalue weighted by molar-refractivity contribution is 0.669. The van der Waals surface area contributed by atoms with E-state index in [2.05, 4.69) is 185 Å². The van der Waals surface area contributed by atoms with Gasteiger partial charge in [-0.25, -0.2) is 4.98 Å². The molecule has 70 heavy (non-hydrogen) atoms. The zero-order valence-electron chi connectivity index (χ0n) is 37.3. The number of hydrogen-bond acceptors (Lipinski definition) is 5. The van der Waals surface area contributed by atoms with E-state index in [4.69, 9.17) is 23.8 Å². The van der Waals surface area contributed by atoms with Gasteiger partial charge in [0.1, 0.15) is 22.3 Å². The van der Waals surface area contributed by atoms with Crippen LogP contribution < -0.4 is 0 Å². The molecule has 5 aromatic heterocycles. The van der Waals surface area contributed by atoms with Gasteiger partial charge in [-0.2, -0.15) is 9.97 Å². The zero-order valence-corrected chi connectivity index (χ0v) is 37.3. The molecule has 7 heteroatoms. The van der Waals surface area contributed by atoms with Crippen LogP contribution in [0.2, 0.25) is 0 Å². The Bertz CT molecular complexity index is 4860. The molecule has 0 saturated carbocycles. The van der Waals surface area contributed by atoms with E-state index in [1.165, 1.54) is 32.3 Å². The fourth-order valence-corrected chi connectivity index (χ4v) is 11.5. The van der Waals surface area contributed by atoms with Crippen molar-refractivity contribution in [2.24, 2.45) is 0 Å². The Morgan fingerprint density at radius 1 is 0.329 bits per heavy atom. The molecule has 0 radical (unpaired) electrons. The number of furan rings is 2. The number of aromatic nitrogens is 5. The summed E-state index contributed by atoms with van der Waals surface area (Å²) >= 11 is 0. The summed E-state index contributed by atoms with van der Waals surface area (Å²) in [6.07, 6.45) is 0. The Morgan fingerprint density at radius 2 is 0.914 bits per heavy atom. The van der Waals surface area contributed by atoms with Gasteiger partial charge in [-0.1, -0.05) is 158 Å². The first-order valence-electron chi connectivity index (χ1n) is 23.6. The van der Waals surface area contributed by atoms with Crippen molar-refractivity contribution in [2.75, 3.05) is 0 Å². The van der Waals surface area contributed by atoms with E-state index in [0.29, 0.717) is 23.2 Å². The van der Waals surface area contributed by atoms with Crippen LogP contribution in [0.15, 0.2) is 221 Å². The third-order valence-electron chi connectivity index (χ3n) is 14.5. The molecule has 324 valence electrons. The van der Waals surface area contributed by atoms with Crippen molar-refractivity contribution in [1.29, 1.82) is 0 Å². The average molecular weight is 894 g/mol. The molecule has 0 aliphatic carbocycles. The Kier molecular flexibility index (Phi) is 7.49. The fraction of sp³-hybridized carbons (Fsp3) is 0. The molecule has 0 saturated heterocycles. The molecule has 0 aliphatic heterocycles. The van der Waals surface area contributed by atoms with E-state index >= 15 is 0 Å². The van der Waals surface area contributed by atoms with E-state index in [9.17, 15) is 0 Å². The topological polar surface area (TPSA) is 74.8 Å². The van der Waals surface area contributed by atoms with Gasteiger partial charge < -0.3 is 13.4 Å². The van der Waals surface area contributed by atoms with E-state index in [-0.39, 0.29) is 0 Å². The first-order chi connectivity index (χ1) is 34.7. The lowest BCUT2D eigenvalue weighted by Crippen LogP contribution is -2.07. The first kappa shape index (κ1) is 37.5. The maximum atomic E-state index is 7.25. The number of para-hydroxylation sites is 4. The van der Waals surface area contributed by atoms with E-state index in [1.54, 1.807) is 0 Å². The highest BCUT2D eigenvalue weighted by molar-refractivity contribution is 6.27. The normalized spacial score (nSPS) is 12.3. The SMILES string of the molecule is c1ccc2cc3c(cc2c1)c1ccc2ccccc2c1n3-c1c2ccccc2c(-c2nc(-c3ccc4oc5ccccc5c4c3)nc(-n3c4ccccc4c4ccccc43)n2)c2oc3ccccc3c12. The van der Waals surface area contributed by atoms with Gasteiger partial charge in [0.2, 0.25) is 5.95 Å². The van der Waals surface area contributed by atoms with Crippen molar-refractivity contribution < 1.29 is 8.83 Å². The average Bonchev–Trinajstić information content (AvgIpc) is 4.17. The van der Waals surface area contributed by atoms with Gasteiger partial charge in [0.05, 0.1) is 38.7 Å². The highest BCUT2D eigenvalue weighted by Gasteiger charge is 2.28. The summed E-state index contributed by atoms with van der Waals surface area (Å²) in [5, 5.41) is 15.4. The Labute approximate surface area is 397 Å². The van der Waals surface area contributed by atoms with Crippen LogP contribution in [0.3, 0.4) is 0 Å². The first-order valence-corrected chi connectivity index (χ1v) is 23.6. The van der Waals surface area contributed by atoms with Gasteiger partial charge in [-0.15, -0.1) is 0 Å². The molecule has 0 aliphatic rings. The molecule has 0 amide bonds. The molecule has 5 heterocycles.